The van der Waals surface area contributed by atoms with Crippen LogP contribution in [0.2, 0.25) is 0 Å². The minimum atomic E-state index is -4.69. The number of carbonyl (C=O) groups is 1. The molecule has 3 aliphatic rings. The zero-order valence-corrected chi connectivity index (χ0v) is 21.5. The lowest BCUT2D eigenvalue weighted by atomic mass is 9.67. The average molecular weight is 545 g/mol. The first-order chi connectivity index (χ1) is 17.8. The predicted molar refractivity (Wildman–Crippen MR) is 130 cm³/mol. The topological polar surface area (TPSA) is 69.8 Å². The molecule has 210 valence electrons. The number of rotatable bonds is 9. The minimum Gasteiger partial charge on any atom is -0.346 e. The summed E-state index contributed by atoms with van der Waals surface area (Å²) >= 11 is 0. The first-order valence-corrected chi connectivity index (χ1v) is 13.5. The highest BCUT2D eigenvalue weighted by Crippen LogP contribution is 2.54. The van der Waals surface area contributed by atoms with Crippen LogP contribution in [0, 0.1) is 23.6 Å². The second kappa shape index (κ2) is 9.71. The van der Waals surface area contributed by atoms with Crippen LogP contribution >= 0.6 is 0 Å². The van der Waals surface area contributed by atoms with Crippen molar-refractivity contribution in [2.24, 2.45) is 17.8 Å². The molecule has 0 aliphatic heterocycles. The second-order valence-electron chi connectivity index (χ2n) is 11.7. The molecule has 0 radical (unpaired) electrons. The van der Waals surface area contributed by atoms with Gasteiger partial charge in [0.2, 0.25) is 11.8 Å². The van der Waals surface area contributed by atoms with Crippen LogP contribution in [0.1, 0.15) is 82.6 Å². The number of fused-ring (bicyclic) bond motifs is 1. The number of hydrogen-bond donors (Lipinski definition) is 3. The van der Waals surface area contributed by atoms with Gasteiger partial charge >= 0.3 is 6.18 Å². The van der Waals surface area contributed by atoms with Crippen LogP contribution in [0.4, 0.5) is 26.3 Å². The summed E-state index contributed by atoms with van der Waals surface area (Å²) in [4.78, 5) is 20.9. The van der Waals surface area contributed by atoms with Crippen LogP contribution in [0.3, 0.4) is 0 Å². The van der Waals surface area contributed by atoms with Crippen LogP contribution in [-0.2, 0) is 10.2 Å². The number of aromatic nitrogens is 2. The normalized spacial score (nSPS) is 22.3. The number of benzene rings is 1. The maximum absolute atomic E-state index is 16.1. The molecule has 1 heterocycles. The van der Waals surface area contributed by atoms with Gasteiger partial charge in [-0.15, -0.1) is 0 Å². The van der Waals surface area contributed by atoms with E-state index < -0.39 is 61.5 Å². The molecule has 11 heteroatoms. The molecule has 5 rings (SSSR count). The van der Waals surface area contributed by atoms with Crippen LogP contribution in [-0.4, -0.2) is 40.6 Å². The smallest absolute Gasteiger partial charge is 0.346 e. The van der Waals surface area contributed by atoms with Crippen molar-refractivity contribution in [3.05, 3.63) is 29.3 Å². The van der Waals surface area contributed by atoms with E-state index in [9.17, 15) is 26.7 Å². The Kier molecular flexibility index (Phi) is 6.97. The monoisotopic (exact) mass is 544 g/mol. The Labute approximate surface area is 217 Å². The summed E-state index contributed by atoms with van der Waals surface area (Å²) in [6.07, 6.45) is -2.47. The molecule has 38 heavy (non-hydrogen) atoms. The van der Waals surface area contributed by atoms with E-state index in [1.165, 1.54) is 6.07 Å². The van der Waals surface area contributed by atoms with Gasteiger partial charge in [-0.1, -0.05) is 19.9 Å². The zero-order chi connectivity index (χ0) is 27.5. The van der Waals surface area contributed by atoms with Gasteiger partial charge in [0.1, 0.15) is 17.9 Å². The Morgan fingerprint density at radius 2 is 1.68 bits per heavy atom. The number of H-pyrrole nitrogens is 1. The predicted octanol–water partition coefficient (Wildman–Crippen LogP) is 6.30. The van der Waals surface area contributed by atoms with Crippen LogP contribution < -0.4 is 10.6 Å². The molecule has 0 bridgehead atoms. The lowest BCUT2D eigenvalue weighted by Gasteiger charge is -2.39. The van der Waals surface area contributed by atoms with Gasteiger partial charge in [0.15, 0.2) is 5.82 Å². The highest BCUT2D eigenvalue weighted by atomic mass is 19.4. The lowest BCUT2D eigenvalue weighted by molar-refractivity contribution is -0.145. The Morgan fingerprint density at radius 3 is 2.21 bits per heavy atom. The van der Waals surface area contributed by atoms with Gasteiger partial charge < -0.3 is 15.6 Å². The van der Waals surface area contributed by atoms with Crippen molar-refractivity contribution in [1.29, 1.82) is 0 Å². The molecule has 3 aliphatic carbocycles. The Balaban J connectivity index is 1.53. The SMILES string of the molecule is CC(C)NC(c1nc2c(F)c(C3(C(=O)NCC(F)(F)F)CCC(F)(F)CC3)ccc2[nH]1)C(C1CC1)C1CC1. The summed E-state index contributed by atoms with van der Waals surface area (Å²) in [7, 11) is 0. The van der Waals surface area contributed by atoms with Crippen molar-refractivity contribution in [2.45, 2.75) is 94.8 Å². The number of hydrogen-bond acceptors (Lipinski definition) is 3. The lowest BCUT2D eigenvalue weighted by Crippen LogP contribution is -2.51. The molecule has 2 aromatic rings. The van der Waals surface area contributed by atoms with E-state index in [1.54, 1.807) is 6.07 Å². The molecule has 5 nitrogen and oxygen atoms in total. The van der Waals surface area contributed by atoms with Crippen molar-refractivity contribution in [3.63, 3.8) is 0 Å². The number of carbonyl (C=O) groups excluding carboxylic acids is 1. The third-order valence-electron chi connectivity index (χ3n) is 8.37. The first kappa shape index (κ1) is 27.3. The van der Waals surface area contributed by atoms with Crippen molar-refractivity contribution in [3.8, 4) is 0 Å². The van der Waals surface area contributed by atoms with E-state index in [-0.39, 0.29) is 23.2 Å². The van der Waals surface area contributed by atoms with E-state index in [0.717, 1.165) is 25.7 Å². The number of aromatic amines is 1. The molecule has 1 atom stereocenters. The number of nitrogens with zero attached hydrogens (tertiary/aromatic N) is 1. The second-order valence-corrected chi connectivity index (χ2v) is 11.7. The molecule has 1 aromatic carbocycles. The van der Waals surface area contributed by atoms with E-state index in [0.29, 0.717) is 29.1 Å². The van der Waals surface area contributed by atoms with E-state index in [1.807, 2.05) is 19.2 Å². The van der Waals surface area contributed by atoms with Crippen molar-refractivity contribution in [1.82, 2.24) is 20.6 Å². The molecule has 1 amide bonds. The summed E-state index contributed by atoms with van der Waals surface area (Å²) in [5, 5.41) is 5.41. The highest BCUT2D eigenvalue weighted by molar-refractivity contribution is 5.90. The molecule has 3 saturated carbocycles. The maximum atomic E-state index is 16.1. The quantitative estimate of drug-likeness (QED) is 0.325. The standard InChI is InChI=1S/C27H34F6N4O/c1-14(2)35-22(19(15-3-4-15)16-5-6-16)23-36-18-8-7-17(20(28)21(18)37-23)25(9-11-26(29,30)12-10-25)24(38)34-13-27(31,32)33/h7-8,14-16,19,22,35H,3-6,9-13H2,1-2H3,(H,34,38)(H,36,37). The molecule has 0 saturated heterocycles. The number of halogens is 6. The maximum Gasteiger partial charge on any atom is 0.405 e. The molecule has 3 N–H and O–H groups in total. The Bertz CT molecular complexity index is 1160. The van der Waals surface area contributed by atoms with E-state index in [2.05, 4.69) is 15.3 Å². The fourth-order valence-electron chi connectivity index (χ4n) is 6.21. The zero-order valence-electron chi connectivity index (χ0n) is 21.5. The number of alkyl halides is 5. The van der Waals surface area contributed by atoms with Crippen LogP contribution in [0.25, 0.3) is 11.0 Å². The minimum absolute atomic E-state index is 0.0290. The largest absolute Gasteiger partial charge is 0.405 e. The fourth-order valence-corrected chi connectivity index (χ4v) is 6.21. The van der Waals surface area contributed by atoms with E-state index in [4.69, 9.17) is 0 Å². The van der Waals surface area contributed by atoms with E-state index >= 15 is 4.39 Å². The van der Waals surface area contributed by atoms with Gasteiger partial charge in [0, 0.05) is 24.4 Å². The molecule has 0 spiro atoms. The Hall–Kier alpha value is -2.30. The summed E-state index contributed by atoms with van der Waals surface area (Å²) < 4.78 is 82.7. The molecule has 3 fully saturated rings. The third-order valence-corrected chi connectivity index (χ3v) is 8.37. The van der Waals surface area contributed by atoms with Gasteiger partial charge in [-0.25, -0.2) is 18.2 Å². The Morgan fingerprint density at radius 1 is 1.08 bits per heavy atom. The number of nitrogens with one attached hydrogen (secondary N) is 3. The molecule has 1 unspecified atom stereocenters. The van der Waals surface area contributed by atoms with Crippen molar-refractivity contribution < 1.29 is 31.1 Å². The van der Waals surface area contributed by atoms with Gasteiger partial charge in [-0.3, -0.25) is 4.79 Å². The summed E-state index contributed by atoms with van der Waals surface area (Å²) in [6, 6.07) is 2.91. The number of imidazole rings is 1. The van der Waals surface area contributed by atoms with Gasteiger partial charge in [-0.2, -0.15) is 13.2 Å². The van der Waals surface area contributed by atoms with Crippen molar-refractivity contribution in [2.75, 3.05) is 6.54 Å². The summed E-state index contributed by atoms with van der Waals surface area (Å²) in [5.74, 6) is -2.91. The first-order valence-electron chi connectivity index (χ1n) is 13.5. The molecular formula is C27H34F6N4O. The van der Waals surface area contributed by atoms with Gasteiger partial charge in [0.25, 0.3) is 0 Å². The summed E-state index contributed by atoms with van der Waals surface area (Å²) in [5.41, 5.74) is -1.66. The third kappa shape index (κ3) is 5.53. The fraction of sp³-hybridized carbons (Fsp3) is 0.704. The molecular weight excluding hydrogens is 510 g/mol. The average Bonchev–Trinajstić information content (AvgIpc) is 3.77. The number of amides is 1. The van der Waals surface area contributed by atoms with Crippen LogP contribution in [0.15, 0.2) is 12.1 Å². The highest BCUT2D eigenvalue weighted by Gasteiger charge is 2.51. The van der Waals surface area contributed by atoms with Gasteiger partial charge in [-0.05, 0) is 62.3 Å². The van der Waals surface area contributed by atoms with Gasteiger partial charge in [0.05, 0.1) is 17.0 Å². The van der Waals surface area contributed by atoms with Crippen LogP contribution in [0.5, 0.6) is 0 Å². The summed E-state index contributed by atoms with van der Waals surface area (Å²) in [6.45, 7) is 2.45. The van der Waals surface area contributed by atoms with Crippen molar-refractivity contribution >= 4 is 16.9 Å². The molecule has 1 aromatic heterocycles.